The number of sulfone groups is 1. The van der Waals surface area contributed by atoms with Crippen molar-refractivity contribution >= 4 is 15.9 Å². The maximum Gasteiger partial charge on any atom is 0.317 e. The summed E-state index contributed by atoms with van der Waals surface area (Å²) < 4.78 is 36.0. The summed E-state index contributed by atoms with van der Waals surface area (Å²) in [5.41, 5.74) is 0.110. The molecule has 2 amide bonds. The summed E-state index contributed by atoms with van der Waals surface area (Å²) >= 11 is 0. The molecule has 0 radical (unpaired) electrons. The van der Waals surface area contributed by atoms with Gasteiger partial charge in [-0.2, -0.15) is 0 Å². The molecule has 1 aromatic rings. The molecule has 0 aliphatic rings. The Hall–Kier alpha value is -1.63. The predicted molar refractivity (Wildman–Crippen MR) is 89.4 cm³/mol. The van der Waals surface area contributed by atoms with E-state index < -0.39 is 9.84 Å². The number of amides is 2. The van der Waals surface area contributed by atoms with Crippen LogP contribution in [0.4, 0.5) is 9.18 Å². The van der Waals surface area contributed by atoms with E-state index in [4.69, 9.17) is 0 Å². The van der Waals surface area contributed by atoms with Crippen LogP contribution in [0.5, 0.6) is 0 Å². The van der Waals surface area contributed by atoms with Crippen molar-refractivity contribution in [1.82, 2.24) is 10.2 Å². The highest BCUT2D eigenvalue weighted by molar-refractivity contribution is 7.90. The molecule has 0 saturated carbocycles. The largest absolute Gasteiger partial charge is 0.337 e. The van der Waals surface area contributed by atoms with E-state index in [9.17, 15) is 17.6 Å². The highest BCUT2D eigenvalue weighted by Crippen LogP contribution is 2.20. The van der Waals surface area contributed by atoms with Crippen LogP contribution in [0.1, 0.15) is 25.8 Å². The first-order valence-electron chi connectivity index (χ1n) is 7.40. The molecule has 0 heterocycles. The van der Waals surface area contributed by atoms with Crippen LogP contribution < -0.4 is 5.32 Å². The number of urea groups is 1. The van der Waals surface area contributed by atoms with E-state index in [0.29, 0.717) is 18.5 Å². The summed E-state index contributed by atoms with van der Waals surface area (Å²) in [6.45, 7) is 4.32. The highest BCUT2D eigenvalue weighted by atomic mass is 32.2. The SMILES string of the molecule is CN(Cc1ccccc1F)C(=O)NCC(C)(C)CCS(C)(=O)=O. The number of nitrogens with one attached hydrogen (secondary N) is 1. The second kappa shape index (κ2) is 7.77. The van der Waals surface area contributed by atoms with Gasteiger partial charge in [-0.05, 0) is 17.9 Å². The Bertz CT molecular complexity index is 644. The van der Waals surface area contributed by atoms with E-state index in [-0.39, 0.29) is 29.6 Å². The molecule has 0 aliphatic carbocycles. The van der Waals surface area contributed by atoms with E-state index in [1.807, 2.05) is 13.8 Å². The molecule has 0 aromatic heterocycles. The Labute approximate surface area is 137 Å². The molecule has 23 heavy (non-hydrogen) atoms. The Balaban J connectivity index is 2.50. The highest BCUT2D eigenvalue weighted by Gasteiger charge is 2.22. The van der Waals surface area contributed by atoms with E-state index >= 15 is 0 Å². The summed E-state index contributed by atoms with van der Waals surface area (Å²) in [6.07, 6.45) is 1.66. The molecule has 0 bridgehead atoms. The first-order valence-corrected chi connectivity index (χ1v) is 9.46. The number of halogens is 1. The summed E-state index contributed by atoms with van der Waals surface area (Å²) in [7, 11) is -1.43. The normalized spacial score (nSPS) is 12.0. The van der Waals surface area contributed by atoms with Gasteiger partial charge in [0.15, 0.2) is 0 Å². The number of hydrogen-bond donors (Lipinski definition) is 1. The van der Waals surface area contributed by atoms with Gasteiger partial charge < -0.3 is 10.2 Å². The molecule has 130 valence electrons. The molecular formula is C16H25FN2O3S. The Morgan fingerprint density at radius 2 is 1.91 bits per heavy atom. The fourth-order valence-corrected chi connectivity index (χ4v) is 2.88. The number of carbonyl (C=O) groups is 1. The van der Waals surface area contributed by atoms with Crippen molar-refractivity contribution in [2.75, 3.05) is 25.6 Å². The standard InChI is InChI=1S/C16H25FN2O3S/c1-16(2,9-10-23(4,21)22)12-18-15(20)19(3)11-13-7-5-6-8-14(13)17/h5-8H,9-12H2,1-4H3,(H,18,20). The van der Waals surface area contributed by atoms with Crippen LogP contribution in [0, 0.1) is 11.2 Å². The van der Waals surface area contributed by atoms with E-state index in [0.717, 1.165) is 0 Å². The lowest BCUT2D eigenvalue weighted by atomic mass is 9.90. The number of nitrogens with zero attached hydrogens (tertiary/aromatic N) is 1. The Morgan fingerprint density at radius 3 is 2.48 bits per heavy atom. The molecular weight excluding hydrogens is 319 g/mol. The van der Waals surface area contributed by atoms with Crippen molar-refractivity contribution < 1.29 is 17.6 Å². The second-order valence-corrected chi connectivity index (χ2v) is 8.91. The molecule has 0 fully saturated rings. The smallest absolute Gasteiger partial charge is 0.317 e. The minimum absolute atomic E-state index is 0.0843. The monoisotopic (exact) mass is 344 g/mol. The fraction of sp³-hybridized carbons (Fsp3) is 0.562. The molecule has 0 atom stereocenters. The summed E-state index contributed by atoms with van der Waals surface area (Å²) in [6, 6.07) is 5.99. The molecule has 0 unspecified atom stereocenters. The summed E-state index contributed by atoms with van der Waals surface area (Å²) in [4.78, 5) is 13.5. The van der Waals surface area contributed by atoms with Gasteiger partial charge in [0, 0.05) is 32.0 Å². The second-order valence-electron chi connectivity index (χ2n) is 6.65. The third kappa shape index (κ3) is 7.45. The minimum Gasteiger partial charge on any atom is -0.337 e. The first kappa shape index (κ1) is 19.4. The van der Waals surface area contributed by atoms with Crippen LogP contribution in [0.2, 0.25) is 0 Å². The molecule has 7 heteroatoms. The van der Waals surface area contributed by atoms with Crippen LogP contribution in [-0.4, -0.2) is 44.9 Å². The van der Waals surface area contributed by atoms with Gasteiger partial charge in [-0.1, -0.05) is 32.0 Å². The average molecular weight is 344 g/mol. The van der Waals surface area contributed by atoms with Crippen molar-refractivity contribution in [3.05, 3.63) is 35.6 Å². The molecule has 0 saturated heterocycles. The van der Waals surface area contributed by atoms with Crippen molar-refractivity contribution in [3.8, 4) is 0 Å². The van der Waals surface area contributed by atoms with Gasteiger partial charge in [-0.15, -0.1) is 0 Å². The van der Waals surface area contributed by atoms with Gasteiger partial charge >= 0.3 is 6.03 Å². The van der Waals surface area contributed by atoms with Crippen LogP contribution >= 0.6 is 0 Å². The van der Waals surface area contributed by atoms with Crippen molar-refractivity contribution in [2.45, 2.75) is 26.8 Å². The lowest BCUT2D eigenvalue weighted by molar-refractivity contribution is 0.199. The van der Waals surface area contributed by atoms with E-state index in [1.54, 1.807) is 25.2 Å². The van der Waals surface area contributed by atoms with E-state index in [2.05, 4.69) is 5.32 Å². The topological polar surface area (TPSA) is 66.5 Å². The predicted octanol–water partition coefficient (Wildman–Crippen LogP) is 2.43. The lowest BCUT2D eigenvalue weighted by Crippen LogP contribution is -2.42. The van der Waals surface area contributed by atoms with Crippen molar-refractivity contribution in [1.29, 1.82) is 0 Å². The molecule has 1 aromatic carbocycles. The third-order valence-electron chi connectivity index (χ3n) is 3.58. The quantitative estimate of drug-likeness (QED) is 0.826. The molecule has 0 spiro atoms. The maximum absolute atomic E-state index is 13.6. The molecule has 5 nitrogen and oxygen atoms in total. The van der Waals surface area contributed by atoms with Crippen LogP contribution in [-0.2, 0) is 16.4 Å². The average Bonchev–Trinajstić information content (AvgIpc) is 2.44. The zero-order chi connectivity index (χ0) is 17.7. The molecule has 0 aliphatic heterocycles. The van der Waals surface area contributed by atoms with Gasteiger partial charge in [0.05, 0.1) is 5.75 Å². The van der Waals surface area contributed by atoms with Gasteiger partial charge in [-0.25, -0.2) is 17.6 Å². The number of carbonyl (C=O) groups excluding carboxylic acids is 1. The Kier molecular flexibility index (Phi) is 6.56. The number of rotatable bonds is 7. The van der Waals surface area contributed by atoms with E-state index in [1.165, 1.54) is 17.2 Å². The van der Waals surface area contributed by atoms with Gasteiger partial charge in [0.1, 0.15) is 15.7 Å². The number of benzene rings is 1. The molecule has 1 rings (SSSR count). The zero-order valence-electron chi connectivity index (χ0n) is 14.1. The first-order chi connectivity index (χ1) is 10.5. The number of hydrogen-bond acceptors (Lipinski definition) is 3. The van der Waals surface area contributed by atoms with Gasteiger partial charge in [-0.3, -0.25) is 0 Å². The van der Waals surface area contributed by atoms with Crippen molar-refractivity contribution in [3.63, 3.8) is 0 Å². The van der Waals surface area contributed by atoms with Crippen molar-refractivity contribution in [2.24, 2.45) is 5.41 Å². The van der Waals surface area contributed by atoms with Crippen LogP contribution in [0.25, 0.3) is 0 Å². The third-order valence-corrected chi connectivity index (χ3v) is 4.53. The zero-order valence-corrected chi connectivity index (χ0v) is 14.9. The minimum atomic E-state index is -3.02. The lowest BCUT2D eigenvalue weighted by Gasteiger charge is -2.26. The summed E-state index contributed by atoms with van der Waals surface area (Å²) in [5.74, 6) is -0.262. The molecule has 1 N–H and O–H groups in total. The fourth-order valence-electron chi connectivity index (χ4n) is 1.95. The van der Waals surface area contributed by atoms with Gasteiger partial charge in [0.2, 0.25) is 0 Å². The summed E-state index contributed by atoms with van der Waals surface area (Å²) in [5, 5.41) is 2.77. The van der Waals surface area contributed by atoms with Gasteiger partial charge in [0.25, 0.3) is 0 Å². The maximum atomic E-state index is 13.6. The van der Waals surface area contributed by atoms with Crippen LogP contribution in [0.15, 0.2) is 24.3 Å². The van der Waals surface area contributed by atoms with Crippen LogP contribution in [0.3, 0.4) is 0 Å². The Morgan fingerprint density at radius 1 is 1.30 bits per heavy atom.